The van der Waals surface area contributed by atoms with Crippen molar-refractivity contribution in [2.75, 3.05) is 0 Å². The van der Waals surface area contributed by atoms with E-state index in [1.807, 2.05) is 24.7 Å². The standard InChI is InChI=1S/C11H17N5S/c1-7-8(6-15(5)14-7)9-12-13-10(17)16(9)11(2,3)4/h6H,1-5H3,(H,13,17). The van der Waals surface area contributed by atoms with Gasteiger partial charge in [0.05, 0.1) is 11.3 Å². The largest absolute Gasteiger partial charge is 0.295 e. The predicted molar refractivity (Wildman–Crippen MR) is 69.3 cm³/mol. The number of aryl methyl sites for hydroxylation is 2. The number of aromatic amines is 1. The number of nitrogens with zero attached hydrogens (tertiary/aromatic N) is 4. The highest BCUT2D eigenvalue weighted by Gasteiger charge is 2.22. The molecule has 0 spiro atoms. The van der Waals surface area contributed by atoms with Crippen LogP contribution in [0.15, 0.2) is 6.20 Å². The fraction of sp³-hybridized carbons (Fsp3) is 0.545. The average molecular weight is 251 g/mol. The van der Waals surface area contributed by atoms with Gasteiger partial charge in [0.1, 0.15) is 0 Å². The summed E-state index contributed by atoms with van der Waals surface area (Å²) < 4.78 is 4.44. The third-order valence-corrected chi connectivity index (χ3v) is 2.87. The molecular weight excluding hydrogens is 234 g/mol. The molecular formula is C11H17N5S. The van der Waals surface area contributed by atoms with Crippen LogP contribution in [0.25, 0.3) is 11.4 Å². The van der Waals surface area contributed by atoms with Crippen LogP contribution in [0.3, 0.4) is 0 Å². The normalized spacial score (nSPS) is 12.1. The lowest BCUT2D eigenvalue weighted by molar-refractivity contribution is 0.395. The van der Waals surface area contributed by atoms with E-state index in [2.05, 4.69) is 36.1 Å². The molecule has 0 aliphatic heterocycles. The molecule has 92 valence electrons. The van der Waals surface area contributed by atoms with Gasteiger partial charge in [-0.3, -0.25) is 14.3 Å². The molecule has 0 saturated carbocycles. The van der Waals surface area contributed by atoms with Gasteiger partial charge >= 0.3 is 0 Å². The summed E-state index contributed by atoms with van der Waals surface area (Å²) in [7, 11) is 1.90. The molecule has 0 fully saturated rings. The van der Waals surface area contributed by atoms with Gasteiger partial charge in [0.2, 0.25) is 0 Å². The summed E-state index contributed by atoms with van der Waals surface area (Å²) >= 11 is 5.29. The van der Waals surface area contributed by atoms with E-state index in [0.29, 0.717) is 4.77 Å². The maximum absolute atomic E-state index is 5.29. The number of nitrogens with one attached hydrogen (secondary N) is 1. The summed E-state index contributed by atoms with van der Waals surface area (Å²) in [4.78, 5) is 0. The molecule has 0 amide bonds. The quantitative estimate of drug-likeness (QED) is 0.792. The Morgan fingerprint density at radius 1 is 1.35 bits per heavy atom. The lowest BCUT2D eigenvalue weighted by Crippen LogP contribution is -2.23. The van der Waals surface area contributed by atoms with Crippen molar-refractivity contribution in [3.8, 4) is 11.4 Å². The fourth-order valence-electron chi connectivity index (χ4n) is 1.92. The van der Waals surface area contributed by atoms with Crippen molar-refractivity contribution in [1.82, 2.24) is 24.5 Å². The lowest BCUT2D eigenvalue weighted by Gasteiger charge is -2.22. The average Bonchev–Trinajstić information content (AvgIpc) is 2.68. The maximum atomic E-state index is 5.29. The Morgan fingerprint density at radius 3 is 2.47 bits per heavy atom. The van der Waals surface area contributed by atoms with Gasteiger partial charge in [-0.25, -0.2) is 0 Å². The number of hydrogen-bond acceptors (Lipinski definition) is 3. The molecule has 0 atom stereocenters. The van der Waals surface area contributed by atoms with Crippen molar-refractivity contribution in [2.24, 2.45) is 7.05 Å². The summed E-state index contributed by atoms with van der Waals surface area (Å²) in [5.41, 5.74) is 1.85. The molecule has 0 saturated heterocycles. The zero-order valence-corrected chi connectivity index (χ0v) is 11.6. The van der Waals surface area contributed by atoms with E-state index in [1.54, 1.807) is 4.68 Å². The summed E-state index contributed by atoms with van der Waals surface area (Å²) in [6.07, 6.45) is 1.96. The SMILES string of the molecule is Cc1nn(C)cc1-c1n[nH]c(=S)n1C(C)(C)C. The Hall–Kier alpha value is -1.43. The second-order valence-electron chi connectivity index (χ2n) is 5.16. The Bertz CT molecular complexity index is 596. The minimum absolute atomic E-state index is 0.109. The molecule has 5 nitrogen and oxygen atoms in total. The van der Waals surface area contributed by atoms with Crippen LogP contribution in [0, 0.1) is 11.7 Å². The van der Waals surface area contributed by atoms with E-state index in [1.165, 1.54) is 0 Å². The zero-order valence-electron chi connectivity index (χ0n) is 10.8. The van der Waals surface area contributed by atoms with Crippen LogP contribution in [0.4, 0.5) is 0 Å². The first-order chi connectivity index (χ1) is 7.80. The minimum atomic E-state index is -0.109. The van der Waals surface area contributed by atoms with Gasteiger partial charge in [-0.05, 0) is 39.9 Å². The number of hydrogen-bond donors (Lipinski definition) is 1. The molecule has 2 aromatic heterocycles. The van der Waals surface area contributed by atoms with Crippen molar-refractivity contribution in [2.45, 2.75) is 33.2 Å². The van der Waals surface area contributed by atoms with Crippen molar-refractivity contribution >= 4 is 12.2 Å². The molecule has 6 heteroatoms. The summed E-state index contributed by atoms with van der Waals surface area (Å²) in [6.45, 7) is 8.29. The van der Waals surface area contributed by atoms with E-state index < -0.39 is 0 Å². The minimum Gasteiger partial charge on any atom is -0.295 e. The zero-order chi connectivity index (χ0) is 12.8. The molecule has 0 unspecified atom stereocenters. The first-order valence-electron chi connectivity index (χ1n) is 5.49. The van der Waals surface area contributed by atoms with E-state index in [0.717, 1.165) is 17.1 Å². The van der Waals surface area contributed by atoms with Crippen molar-refractivity contribution in [3.05, 3.63) is 16.7 Å². The number of rotatable bonds is 1. The van der Waals surface area contributed by atoms with Gasteiger partial charge in [0.25, 0.3) is 0 Å². The molecule has 0 bridgehead atoms. The molecule has 0 aliphatic carbocycles. The van der Waals surface area contributed by atoms with E-state index >= 15 is 0 Å². The summed E-state index contributed by atoms with van der Waals surface area (Å²) in [6, 6.07) is 0. The van der Waals surface area contributed by atoms with Crippen LogP contribution in [0.5, 0.6) is 0 Å². The van der Waals surface area contributed by atoms with Gasteiger partial charge in [-0.1, -0.05) is 0 Å². The van der Waals surface area contributed by atoms with Gasteiger partial charge in [0.15, 0.2) is 10.6 Å². The molecule has 2 aromatic rings. The van der Waals surface area contributed by atoms with Gasteiger partial charge in [-0.15, -0.1) is 0 Å². The highest BCUT2D eigenvalue weighted by Crippen LogP contribution is 2.26. The second kappa shape index (κ2) is 3.80. The topological polar surface area (TPSA) is 51.4 Å². The fourth-order valence-corrected chi connectivity index (χ4v) is 2.33. The van der Waals surface area contributed by atoms with E-state index in [9.17, 15) is 0 Å². The van der Waals surface area contributed by atoms with Crippen LogP contribution in [-0.2, 0) is 12.6 Å². The Kier molecular flexibility index (Phi) is 2.69. The predicted octanol–water partition coefficient (Wildman–Crippen LogP) is 2.40. The van der Waals surface area contributed by atoms with E-state index in [-0.39, 0.29) is 5.54 Å². The van der Waals surface area contributed by atoms with E-state index in [4.69, 9.17) is 12.2 Å². The Morgan fingerprint density at radius 2 is 2.00 bits per heavy atom. The Balaban J connectivity index is 2.70. The number of H-pyrrole nitrogens is 1. The molecule has 2 rings (SSSR count). The van der Waals surface area contributed by atoms with Crippen LogP contribution in [0.2, 0.25) is 0 Å². The monoisotopic (exact) mass is 251 g/mol. The maximum Gasteiger partial charge on any atom is 0.195 e. The Labute approximate surface area is 105 Å². The van der Waals surface area contributed by atoms with Crippen LogP contribution < -0.4 is 0 Å². The summed E-state index contributed by atoms with van der Waals surface area (Å²) in [5.74, 6) is 0.841. The van der Waals surface area contributed by atoms with Crippen molar-refractivity contribution < 1.29 is 0 Å². The smallest absolute Gasteiger partial charge is 0.195 e. The van der Waals surface area contributed by atoms with Gasteiger partial charge in [0, 0.05) is 18.8 Å². The molecule has 1 N–H and O–H groups in total. The molecule has 0 aromatic carbocycles. The molecule has 0 aliphatic rings. The molecule has 0 radical (unpaired) electrons. The highest BCUT2D eigenvalue weighted by atomic mass is 32.1. The second-order valence-corrected chi connectivity index (χ2v) is 5.55. The molecule has 2 heterocycles. The first-order valence-corrected chi connectivity index (χ1v) is 5.90. The third kappa shape index (κ3) is 2.04. The van der Waals surface area contributed by atoms with Crippen LogP contribution in [0.1, 0.15) is 26.5 Å². The number of aromatic nitrogens is 5. The van der Waals surface area contributed by atoms with Crippen LogP contribution in [-0.4, -0.2) is 24.5 Å². The van der Waals surface area contributed by atoms with Crippen molar-refractivity contribution in [3.63, 3.8) is 0 Å². The lowest BCUT2D eigenvalue weighted by atomic mass is 10.1. The highest BCUT2D eigenvalue weighted by molar-refractivity contribution is 7.71. The van der Waals surface area contributed by atoms with Crippen LogP contribution >= 0.6 is 12.2 Å². The van der Waals surface area contributed by atoms with Crippen molar-refractivity contribution in [1.29, 1.82) is 0 Å². The summed E-state index contributed by atoms with van der Waals surface area (Å²) in [5, 5.41) is 11.5. The third-order valence-electron chi connectivity index (χ3n) is 2.60. The first kappa shape index (κ1) is 12.0. The van der Waals surface area contributed by atoms with Gasteiger partial charge < -0.3 is 0 Å². The van der Waals surface area contributed by atoms with Gasteiger partial charge in [-0.2, -0.15) is 10.2 Å². The molecule has 17 heavy (non-hydrogen) atoms.